The molecule has 0 saturated heterocycles. The molecule has 23 heavy (non-hydrogen) atoms. The van der Waals surface area contributed by atoms with Gasteiger partial charge in [-0.1, -0.05) is 13.3 Å². The number of amides is 2. The Labute approximate surface area is 135 Å². The van der Waals surface area contributed by atoms with Crippen molar-refractivity contribution < 1.29 is 9.18 Å². The number of aromatic amines is 1. The lowest BCUT2D eigenvalue weighted by molar-refractivity contribution is 0.203. The van der Waals surface area contributed by atoms with E-state index in [1.54, 1.807) is 30.3 Å². The Morgan fingerprint density at radius 2 is 2.09 bits per heavy atom. The molecule has 0 radical (unpaired) electrons. The predicted molar refractivity (Wildman–Crippen MR) is 88.4 cm³/mol. The van der Waals surface area contributed by atoms with Gasteiger partial charge in [-0.25, -0.2) is 9.18 Å². The molecule has 1 unspecified atom stereocenters. The molecule has 2 aromatic rings. The first-order valence-electron chi connectivity index (χ1n) is 7.81. The largest absolute Gasteiger partial charge is 0.336 e. The number of aromatic nitrogens is 2. The van der Waals surface area contributed by atoms with Crippen LogP contribution in [0.2, 0.25) is 0 Å². The lowest BCUT2D eigenvalue weighted by atomic mass is 10.1. The first-order chi connectivity index (χ1) is 11.0. The average molecular weight is 318 g/mol. The number of H-pyrrole nitrogens is 1. The van der Waals surface area contributed by atoms with Gasteiger partial charge in [0.15, 0.2) is 0 Å². The van der Waals surface area contributed by atoms with Crippen molar-refractivity contribution in [1.29, 1.82) is 0 Å². The van der Waals surface area contributed by atoms with Crippen molar-refractivity contribution in [2.24, 2.45) is 0 Å². The van der Waals surface area contributed by atoms with E-state index >= 15 is 0 Å². The summed E-state index contributed by atoms with van der Waals surface area (Å²) in [7, 11) is 1.75. The molecule has 5 nitrogen and oxygen atoms in total. The molecule has 124 valence electrons. The van der Waals surface area contributed by atoms with Crippen molar-refractivity contribution in [2.45, 2.75) is 39.3 Å². The van der Waals surface area contributed by atoms with Crippen LogP contribution in [0.4, 0.5) is 9.18 Å². The number of benzene rings is 1. The fourth-order valence-corrected chi connectivity index (χ4v) is 2.45. The van der Waals surface area contributed by atoms with Crippen molar-refractivity contribution in [1.82, 2.24) is 20.4 Å². The van der Waals surface area contributed by atoms with E-state index in [1.165, 1.54) is 12.1 Å². The second-order valence-corrected chi connectivity index (χ2v) is 5.77. The number of halogens is 1. The summed E-state index contributed by atoms with van der Waals surface area (Å²) in [6, 6.07) is 6.23. The third kappa shape index (κ3) is 4.55. The topological polar surface area (TPSA) is 61.0 Å². The van der Waals surface area contributed by atoms with E-state index in [0.29, 0.717) is 6.54 Å². The van der Waals surface area contributed by atoms with E-state index in [9.17, 15) is 9.18 Å². The minimum absolute atomic E-state index is 0.114. The number of nitrogens with one attached hydrogen (secondary N) is 2. The molecule has 2 N–H and O–H groups in total. The average Bonchev–Trinajstić information content (AvgIpc) is 2.96. The number of rotatable bonds is 6. The minimum Gasteiger partial charge on any atom is -0.336 e. The van der Waals surface area contributed by atoms with Crippen LogP contribution < -0.4 is 5.32 Å². The number of carbonyl (C=O) groups excluding carboxylic acids is 1. The van der Waals surface area contributed by atoms with Crippen molar-refractivity contribution in [3.63, 3.8) is 0 Å². The Kier molecular flexibility index (Phi) is 5.73. The lowest BCUT2D eigenvalue weighted by Gasteiger charge is -2.21. The molecule has 0 fully saturated rings. The molecule has 1 heterocycles. The number of hydrogen-bond acceptors (Lipinski definition) is 2. The minimum atomic E-state index is -0.281. The van der Waals surface area contributed by atoms with Gasteiger partial charge in [-0.3, -0.25) is 5.10 Å². The predicted octanol–water partition coefficient (Wildman–Crippen LogP) is 3.55. The molecule has 2 amide bonds. The third-order valence-corrected chi connectivity index (χ3v) is 3.70. The molecule has 6 heteroatoms. The summed E-state index contributed by atoms with van der Waals surface area (Å²) in [6.45, 7) is 4.51. The molecule has 0 aliphatic carbocycles. The summed E-state index contributed by atoms with van der Waals surface area (Å²) in [4.78, 5) is 13.8. The van der Waals surface area contributed by atoms with Crippen molar-refractivity contribution >= 4 is 6.03 Å². The SMILES string of the molecule is CCCC(C)NC(=O)N(C)Cc1cn[nH]c1-c1ccc(F)cc1. The highest BCUT2D eigenvalue weighted by molar-refractivity contribution is 5.74. The monoisotopic (exact) mass is 318 g/mol. The van der Waals surface area contributed by atoms with Gasteiger partial charge in [-0.05, 0) is 37.6 Å². The highest BCUT2D eigenvalue weighted by atomic mass is 19.1. The van der Waals surface area contributed by atoms with Gasteiger partial charge in [0.2, 0.25) is 0 Å². The van der Waals surface area contributed by atoms with Gasteiger partial charge in [0.25, 0.3) is 0 Å². The molecule has 2 rings (SSSR count). The van der Waals surface area contributed by atoms with Crippen LogP contribution in [0.25, 0.3) is 11.3 Å². The molecule has 0 aliphatic rings. The Morgan fingerprint density at radius 1 is 1.39 bits per heavy atom. The zero-order valence-electron chi connectivity index (χ0n) is 13.8. The van der Waals surface area contributed by atoms with Crippen LogP contribution in [0.3, 0.4) is 0 Å². The van der Waals surface area contributed by atoms with Gasteiger partial charge < -0.3 is 10.2 Å². The molecule has 0 aliphatic heterocycles. The summed E-state index contributed by atoms with van der Waals surface area (Å²) >= 11 is 0. The zero-order valence-corrected chi connectivity index (χ0v) is 13.8. The van der Waals surface area contributed by atoms with Crippen LogP contribution >= 0.6 is 0 Å². The van der Waals surface area contributed by atoms with E-state index in [4.69, 9.17) is 0 Å². The van der Waals surface area contributed by atoms with Crippen molar-refractivity contribution in [2.75, 3.05) is 7.05 Å². The first-order valence-corrected chi connectivity index (χ1v) is 7.81. The van der Waals surface area contributed by atoms with Gasteiger partial charge in [-0.15, -0.1) is 0 Å². The van der Waals surface area contributed by atoms with Crippen LogP contribution in [0.1, 0.15) is 32.3 Å². The summed E-state index contributed by atoms with van der Waals surface area (Å²) in [6.07, 6.45) is 3.67. The highest BCUT2D eigenvalue weighted by Gasteiger charge is 2.15. The van der Waals surface area contributed by atoms with E-state index in [2.05, 4.69) is 22.4 Å². The van der Waals surface area contributed by atoms with Gasteiger partial charge in [0.05, 0.1) is 18.4 Å². The summed E-state index contributed by atoms with van der Waals surface area (Å²) in [5, 5.41) is 9.93. The zero-order chi connectivity index (χ0) is 16.8. The number of hydrogen-bond donors (Lipinski definition) is 2. The lowest BCUT2D eigenvalue weighted by Crippen LogP contribution is -2.41. The van der Waals surface area contributed by atoms with Crippen LogP contribution in [0.15, 0.2) is 30.5 Å². The molecule has 1 atom stereocenters. The second-order valence-electron chi connectivity index (χ2n) is 5.77. The normalized spacial score (nSPS) is 12.0. The summed E-state index contributed by atoms with van der Waals surface area (Å²) in [5.41, 5.74) is 2.52. The highest BCUT2D eigenvalue weighted by Crippen LogP contribution is 2.22. The maximum Gasteiger partial charge on any atom is 0.317 e. The summed E-state index contributed by atoms with van der Waals surface area (Å²) in [5.74, 6) is -0.281. The Hall–Kier alpha value is -2.37. The van der Waals surface area contributed by atoms with E-state index in [0.717, 1.165) is 29.7 Å². The van der Waals surface area contributed by atoms with E-state index in [-0.39, 0.29) is 17.9 Å². The molecule has 1 aromatic heterocycles. The molecule has 0 saturated carbocycles. The van der Waals surface area contributed by atoms with Gasteiger partial charge in [0.1, 0.15) is 5.82 Å². The number of nitrogens with zero attached hydrogens (tertiary/aromatic N) is 2. The quantitative estimate of drug-likeness (QED) is 0.855. The Morgan fingerprint density at radius 3 is 2.74 bits per heavy atom. The maximum atomic E-state index is 13.0. The van der Waals surface area contributed by atoms with Crippen LogP contribution in [-0.2, 0) is 6.54 Å². The van der Waals surface area contributed by atoms with Crippen LogP contribution in [-0.4, -0.2) is 34.2 Å². The van der Waals surface area contributed by atoms with Gasteiger partial charge in [-0.2, -0.15) is 5.10 Å². The van der Waals surface area contributed by atoms with Crippen molar-refractivity contribution in [3.05, 3.63) is 41.8 Å². The fourth-order valence-electron chi connectivity index (χ4n) is 2.45. The van der Waals surface area contributed by atoms with Gasteiger partial charge in [0, 0.05) is 24.2 Å². The standard InChI is InChI=1S/C17H23FN4O/c1-4-5-12(2)20-17(23)22(3)11-14-10-19-21-16(14)13-6-8-15(18)9-7-13/h6-10,12H,4-5,11H2,1-3H3,(H,19,21)(H,20,23). The fraction of sp³-hybridized carbons (Fsp3) is 0.412. The number of carbonyl (C=O) groups is 1. The third-order valence-electron chi connectivity index (χ3n) is 3.70. The van der Waals surface area contributed by atoms with Crippen LogP contribution in [0.5, 0.6) is 0 Å². The first kappa shape index (κ1) is 17.0. The Bertz CT molecular complexity index is 638. The molecular formula is C17H23FN4O. The number of urea groups is 1. The van der Waals surface area contributed by atoms with Crippen molar-refractivity contribution in [3.8, 4) is 11.3 Å². The van der Waals surface area contributed by atoms with Gasteiger partial charge >= 0.3 is 6.03 Å². The van der Waals surface area contributed by atoms with E-state index < -0.39 is 0 Å². The molecule has 1 aromatic carbocycles. The van der Waals surface area contributed by atoms with Crippen LogP contribution in [0, 0.1) is 5.82 Å². The molecule has 0 spiro atoms. The molecular weight excluding hydrogens is 295 g/mol. The summed E-state index contributed by atoms with van der Waals surface area (Å²) < 4.78 is 13.0. The smallest absolute Gasteiger partial charge is 0.317 e. The van der Waals surface area contributed by atoms with E-state index in [1.807, 2.05) is 6.92 Å². The molecule has 0 bridgehead atoms. The Balaban J connectivity index is 2.05. The maximum absolute atomic E-state index is 13.0. The second kappa shape index (κ2) is 7.76.